The number of hydrogen-bond donors (Lipinski definition) is 0. The van der Waals surface area contributed by atoms with Crippen LogP contribution in [0.3, 0.4) is 0 Å². The summed E-state index contributed by atoms with van der Waals surface area (Å²) >= 11 is 0. The maximum Gasteiger partial charge on any atom is 0.221 e. The fourth-order valence-corrected chi connectivity index (χ4v) is 6.20. The van der Waals surface area contributed by atoms with E-state index in [2.05, 4.69) is 129 Å². The van der Waals surface area contributed by atoms with Gasteiger partial charge in [-0.1, -0.05) is 91.0 Å². The van der Waals surface area contributed by atoms with E-state index in [1.807, 2.05) is 12.1 Å². The molecule has 0 saturated carbocycles. The highest BCUT2D eigenvalue weighted by Crippen LogP contribution is 2.38. The van der Waals surface area contributed by atoms with Crippen molar-refractivity contribution in [1.29, 1.82) is 0 Å². The van der Waals surface area contributed by atoms with Crippen molar-refractivity contribution in [2.45, 2.75) is 0 Å². The number of imidazole rings is 2. The SMILES string of the molecule is c1ccc(-n2c(-n3c4ccccc4c4nc5c6ccccc6c6ccccc6n5c43)nc3ccccc32)cc1. The zero-order chi connectivity index (χ0) is 25.5. The van der Waals surface area contributed by atoms with Crippen molar-refractivity contribution in [3.8, 4) is 11.6 Å². The van der Waals surface area contributed by atoms with Gasteiger partial charge < -0.3 is 0 Å². The number of hydrogen-bond acceptors (Lipinski definition) is 2. The first-order valence-electron chi connectivity index (χ1n) is 13.1. The monoisotopic (exact) mass is 499 g/mol. The van der Waals surface area contributed by atoms with Crippen LogP contribution < -0.4 is 0 Å². The molecule has 0 atom stereocenters. The van der Waals surface area contributed by atoms with Crippen molar-refractivity contribution >= 4 is 60.4 Å². The lowest BCUT2D eigenvalue weighted by molar-refractivity contribution is 0.942. The van der Waals surface area contributed by atoms with E-state index in [-0.39, 0.29) is 0 Å². The highest BCUT2D eigenvalue weighted by atomic mass is 15.3. The predicted molar refractivity (Wildman–Crippen MR) is 159 cm³/mol. The van der Waals surface area contributed by atoms with Gasteiger partial charge in [-0.2, -0.15) is 0 Å². The fourth-order valence-electron chi connectivity index (χ4n) is 6.20. The van der Waals surface area contributed by atoms with Crippen molar-refractivity contribution in [2.24, 2.45) is 0 Å². The highest BCUT2D eigenvalue weighted by molar-refractivity contribution is 6.16. The second-order valence-corrected chi connectivity index (χ2v) is 9.93. The summed E-state index contributed by atoms with van der Waals surface area (Å²) in [5, 5.41) is 4.66. The maximum absolute atomic E-state index is 5.33. The molecule has 5 aromatic carbocycles. The first-order chi connectivity index (χ1) is 19.4. The molecular formula is C34H21N5. The van der Waals surface area contributed by atoms with Crippen molar-refractivity contribution < 1.29 is 0 Å². The molecule has 0 amide bonds. The standard InChI is InChI=1S/C34H21N5/c1-2-12-22(13-3-1)37-30-21-11-8-18-27(30)35-34(37)39-29-20-10-7-17-26(29)31-33(39)38-28-19-9-6-15-24(28)23-14-4-5-16-25(23)32(38)36-31/h1-21H. The smallest absolute Gasteiger partial charge is 0.221 e. The molecule has 182 valence electrons. The molecule has 0 spiro atoms. The average Bonchev–Trinajstić information content (AvgIpc) is 3.67. The zero-order valence-corrected chi connectivity index (χ0v) is 20.9. The minimum Gasteiger partial charge on any atom is -0.278 e. The van der Waals surface area contributed by atoms with E-state index in [0.717, 1.165) is 61.3 Å². The van der Waals surface area contributed by atoms with Crippen LogP contribution in [0, 0.1) is 0 Å². The van der Waals surface area contributed by atoms with Crippen LogP contribution in [0.4, 0.5) is 0 Å². The summed E-state index contributed by atoms with van der Waals surface area (Å²) in [6, 6.07) is 44.5. The summed E-state index contributed by atoms with van der Waals surface area (Å²) < 4.78 is 6.87. The van der Waals surface area contributed by atoms with Crippen LogP contribution in [0.1, 0.15) is 0 Å². The van der Waals surface area contributed by atoms with E-state index in [4.69, 9.17) is 9.97 Å². The van der Waals surface area contributed by atoms with Gasteiger partial charge in [0.25, 0.3) is 0 Å². The average molecular weight is 500 g/mol. The lowest BCUT2D eigenvalue weighted by atomic mass is 10.1. The van der Waals surface area contributed by atoms with E-state index < -0.39 is 0 Å². The van der Waals surface area contributed by atoms with Crippen LogP contribution in [-0.2, 0) is 0 Å². The molecule has 4 aromatic heterocycles. The molecule has 0 N–H and O–H groups in total. The Hall–Kier alpha value is -5.42. The van der Waals surface area contributed by atoms with E-state index in [1.54, 1.807) is 0 Å². The summed E-state index contributed by atoms with van der Waals surface area (Å²) in [4.78, 5) is 10.6. The summed E-state index contributed by atoms with van der Waals surface area (Å²) in [7, 11) is 0. The first-order valence-corrected chi connectivity index (χ1v) is 13.1. The minimum atomic E-state index is 0.840. The number of aromatic nitrogens is 5. The molecular weight excluding hydrogens is 478 g/mol. The van der Waals surface area contributed by atoms with Crippen LogP contribution in [0.2, 0.25) is 0 Å². The molecule has 5 nitrogen and oxygen atoms in total. The second kappa shape index (κ2) is 7.55. The van der Waals surface area contributed by atoms with Gasteiger partial charge in [0.15, 0.2) is 5.65 Å². The number of pyridine rings is 1. The van der Waals surface area contributed by atoms with Crippen molar-refractivity contribution in [3.63, 3.8) is 0 Å². The third-order valence-corrected chi connectivity index (χ3v) is 7.83. The Balaban J connectivity index is 1.57. The maximum atomic E-state index is 5.33. The third-order valence-electron chi connectivity index (χ3n) is 7.83. The van der Waals surface area contributed by atoms with Crippen LogP contribution >= 0.6 is 0 Å². The van der Waals surface area contributed by atoms with Gasteiger partial charge in [0.2, 0.25) is 5.95 Å². The topological polar surface area (TPSA) is 40.0 Å². The normalized spacial score (nSPS) is 12.1. The first kappa shape index (κ1) is 20.6. The predicted octanol–water partition coefficient (Wildman–Crippen LogP) is 8.08. The molecule has 0 saturated heterocycles. The van der Waals surface area contributed by atoms with Gasteiger partial charge >= 0.3 is 0 Å². The van der Waals surface area contributed by atoms with Crippen molar-refractivity contribution in [1.82, 2.24) is 23.5 Å². The Morgan fingerprint density at radius 2 is 1.05 bits per heavy atom. The summed E-state index contributed by atoms with van der Waals surface area (Å²) in [5.74, 6) is 0.840. The molecule has 0 aliphatic carbocycles. The van der Waals surface area contributed by atoms with E-state index in [0.29, 0.717) is 0 Å². The van der Waals surface area contributed by atoms with Crippen LogP contribution in [0.5, 0.6) is 0 Å². The molecule has 5 heteroatoms. The molecule has 4 heterocycles. The van der Waals surface area contributed by atoms with E-state index >= 15 is 0 Å². The molecule has 0 unspecified atom stereocenters. The number of fused-ring (bicyclic) bond motifs is 11. The van der Waals surface area contributed by atoms with E-state index in [1.165, 1.54) is 10.8 Å². The van der Waals surface area contributed by atoms with Gasteiger partial charge in [-0.15, -0.1) is 0 Å². The summed E-state index contributed by atoms with van der Waals surface area (Å²) in [5.41, 5.74) is 8.22. The third kappa shape index (κ3) is 2.68. The number of nitrogens with zero attached hydrogens (tertiary/aromatic N) is 5. The molecule has 0 fully saturated rings. The molecule has 0 bridgehead atoms. The number of rotatable bonds is 2. The second-order valence-electron chi connectivity index (χ2n) is 9.93. The Bertz CT molecular complexity index is 2390. The summed E-state index contributed by atoms with van der Waals surface area (Å²) in [6.45, 7) is 0. The summed E-state index contributed by atoms with van der Waals surface area (Å²) in [6.07, 6.45) is 0. The fraction of sp³-hybridized carbons (Fsp3) is 0. The van der Waals surface area contributed by atoms with Gasteiger partial charge in [0, 0.05) is 21.8 Å². The van der Waals surface area contributed by atoms with Gasteiger partial charge in [0.05, 0.1) is 22.1 Å². The molecule has 39 heavy (non-hydrogen) atoms. The van der Waals surface area contributed by atoms with Gasteiger partial charge in [-0.3, -0.25) is 13.5 Å². The minimum absolute atomic E-state index is 0.840. The van der Waals surface area contributed by atoms with Crippen molar-refractivity contribution in [2.75, 3.05) is 0 Å². The molecule has 0 radical (unpaired) electrons. The molecule has 9 rings (SSSR count). The lowest BCUT2D eigenvalue weighted by Gasteiger charge is -2.14. The zero-order valence-electron chi connectivity index (χ0n) is 20.9. The Morgan fingerprint density at radius 1 is 0.436 bits per heavy atom. The Labute approximate surface area is 222 Å². The Morgan fingerprint density at radius 3 is 1.87 bits per heavy atom. The molecule has 0 aliphatic rings. The van der Waals surface area contributed by atoms with Gasteiger partial charge in [0.1, 0.15) is 11.2 Å². The number of para-hydroxylation sites is 5. The van der Waals surface area contributed by atoms with Crippen LogP contribution in [0.15, 0.2) is 127 Å². The molecule has 0 aliphatic heterocycles. The van der Waals surface area contributed by atoms with E-state index in [9.17, 15) is 0 Å². The Kier molecular flexibility index (Phi) is 3.99. The number of benzene rings is 5. The van der Waals surface area contributed by atoms with Crippen LogP contribution in [0.25, 0.3) is 72.1 Å². The van der Waals surface area contributed by atoms with Gasteiger partial charge in [-0.05, 0) is 41.8 Å². The quantitative estimate of drug-likeness (QED) is 0.226. The molecule has 9 aromatic rings. The lowest BCUT2D eigenvalue weighted by Crippen LogP contribution is -2.07. The largest absolute Gasteiger partial charge is 0.278 e. The van der Waals surface area contributed by atoms with Crippen molar-refractivity contribution in [3.05, 3.63) is 127 Å². The highest BCUT2D eigenvalue weighted by Gasteiger charge is 2.24. The van der Waals surface area contributed by atoms with Crippen LogP contribution in [-0.4, -0.2) is 23.5 Å². The van der Waals surface area contributed by atoms with Gasteiger partial charge in [-0.25, -0.2) is 9.97 Å².